The number of hydrogen-bond acceptors (Lipinski definition) is 9. The van der Waals surface area contributed by atoms with Gasteiger partial charge in [0.05, 0.1) is 19.9 Å². The molecule has 1 fully saturated rings. The van der Waals surface area contributed by atoms with Gasteiger partial charge in [0.15, 0.2) is 11.1 Å². The Hall–Kier alpha value is -5.72. The van der Waals surface area contributed by atoms with Crippen LogP contribution in [0, 0.1) is 0 Å². The monoisotopic (exact) mass is 550 g/mol. The molecule has 1 saturated heterocycles. The smallest absolute Gasteiger partial charge is 0.322 e. The zero-order chi connectivity index (χ0) is 28.1. The molecule has 204 valence electrons. The summed E-state index contributed by atoms with van der Waals surface area (Å²) in [6.45, 7) is 0.125. The minimum absolute atomic E-state index is 0.141. The number of carbonyl (C=O) groups is 3. The Kier molecular flexibility index (Phi) is 5.45. The molecule has 6 heterocycles. The van der Waals surface area contributed by atoms with Crippen LogP contribution in [-0.4, -0.2) is 56.6 Å². The Bertz CT molecular complexity index is 1830. The number of imide groups is 1. The highest BCUT2D eigenvalue weighted by atomic mass is 16.5. The van der Waals surface area contributed by atoms with Gasteiger partial charge in [-0.1, -0.05) is 6.07 Å². The highest BCUT2D eigenvalue weighted by Crippen LogP contribution is 2.35. The SMILES string of the molecule is COc1ccc2c(c1)C(=O)N(CC1(c3cc4nc(Nc5ccc(-c6cn[nH]c6)cn5)ccc4o3)NC(=O)NC1=O)C2. The van der Waals surface area contributed by atoms with Gasteiger partial charge in [-0.05, 0) is 42.0 Å². The second-order valence-electron chi connectivity index (χ2n) is 9.73. The van der Waals surface area contributed by atoms with Crippen molar-refractivity contribution in [3.63, 3.8) is 0 Å². The summed E-state index contributed by atoms with van der Waals surface area (Å²) in [5.74, 6) is 0.890. The number of nitrogens with one attached hydrogen (secondary N) is 4. The number of fused-ring (bicyclic) bond motifs is 2. The Balaban J connectivity index is 1.17. The van der Waals surface area contributed by atoms with Crippen LogP contribution in [0.25, 0.3) is 22.2 Å². The van der Waals surface area contributed by atoms with E-state index in [1.165, 1.54) is 12.0 Å². The van der Waals surface area contributed by atoms with Crippen LogP contribution in [0.1, 0.15) is 21.7 Å². The molecule has 2 aliphatic rings. The van der Waals surface area contributed by atoms with Crippen LogP contribution in [0.15, 0.2) is 71.5 Å². The average Bonchev–Trinajstić information content (AvgIpc) is 3.76. The number of rotatable bonds is 7. The van der Waals surface area contributed by atoms with E-state index in [1.807, 2.05) is 18.2 Å². The first-order chi connectivity index (χ1) is 19.9. The van der Waals surface area contributed by atoms with Gasteiger partial charge in [0.25, 0.3) is 11.8 Å². The molecule has 0 radical (unpaired) electrons. The number of H-pyrrole nitrogens is 1. The molecule has 5 aromatic rings. The van der Waals surface area contributed by atoms with Gasteiger partial charge in [-0.25, -0.2) is 14.8 Å². The van der Waals surface area contributed by atoms with Crippen molar-refractivity contribution in [2.24, 2.45) is 0 Å². The minimum atomic E-state index is -1.64. The van der Waals surface area contributed by atoms with Gasteiger partial charge in [0.1, 0.15) is 28.7 Å². The lowest BCUT2D eigenvalue weighted by molar-refractivity contribution is -0.125. The molecule has 2 aliphatic heterocycles. The van der Waals surface area contributed by atoms with Crippen LogP contribution in [0.5, 0.6) is 5.75 Å². The first-order valence-electron chi connectivity index (χ1n) is 12.6. The molecule has 0 aliphatic carbocycles. The van der Waals surface area contributed by atoms with Crippen molar-refractivity contribution in [2.45, 2.75) is 12.1 Å². The summed E-state index contributed by atoms with van der Waals surface area (Å²) in [4.78, 5) is 49.3. The minimum Gasteiger partial charge on any atom is -0.497 e. The molecule has 7 rings (SSSR count). The van der Waals surface area contributed by atoms with Crippen LogP contribution in [0.2, 0.25) is 0 Å². The number of urea groups is 1. The second-order valence-corrected chi connectivity index (χ2v) is 9.73. The molecule has 1 aromatic carbocycles. The summed E-state index contributed by atoms with van der Waals surface area (Å²) >= 11 is 0. The number of carbonyl (C=O) groups excluding carboxylic acids is 3. The molecule has 0 bridgehead atoms. The molecule has 41 heavy (non-hydrogen) atoms. The zero-order valence-electron chi connectivity index (χ0n) is 21.6. The van der Waals surface area contributed by atoms with E-state index < -0.39 is 17.5 Å². The van der Waals surface area contributed by atoms with Crippen molar-refractivity contribution in [1.82, 2.24) is 35.7 Å². The van der Waals surface area contributed by atoms with Crippen molar-refractivity contribution in [3.8, 4) is 16.9 Å². The lowest BCUT2D eigenvalue weighted by Gasteiger charge is -2.28. The maximum Gasteiger partial charge on any atom is 0.322 e. The summed E-state index contributed by atoms with van der Waals surface area (Å²) in [5.41, 5.74) is 2.33. The number of aromatic amines is 1. The summed E-state index contributed by atoms with van der Waals surface area (Å²) in [6.07, 6.45) is 5.22. The van der Waals surface area contributed by atoms with E-state index in [0.717, 1.165) is 16.7 Å². The fourth-order valence-electron chi connectivity index (χ4n) is 5.12. The van der Waals surface area contributed by atoms with E-state index >= 15 is 0 Å². The van der Waals surface area contributed by atoms with Crippen LogP contribution in [-0.2, 0) is 16.9 Å². The van der Waals surface area contributed by atoms with Crippen molar-refractivity contribution < 1.29 is 23.5 Å². The topological polar surface area (TPSA) is 167 Å². The van der Waals surface area contributed by atoms with Crippen LogP contribution in [0.3, 0.4) is 0 Å². The van der Waals surface area contributed by atoms with Gasteiger partial charge in [-0.15, -0.1) is 0 Å². The van der Waals surface area contributed by atoms with Gasteiger partial charge in [0, 0.05) is 41.7 Å². The Labute approximate surface area is 231 Å². The fourth-order valence-corrected chi connectivity index (χ4v) is 5.12. The van der Waals surface area contributed by atoms with E-state index in [0.29, 0.717) is 34.0 Å². The Morgan fingerprint density at radius 3 is 2.66 bits per heavy atom. The quantitative estimate of drug-likeness (QED) is 0.223. The number of ether oxygens (including phenoxy) is 1. The molecule has 13 heteroatoms. The van der Waals surface area contributed by atoms with Crippen molar-refractivity contribution in [2.75, 3.05) is 19.0 Å². The number of nitrogens with zero attached hydrogens (tertiary/aromatic N) is 4. The third-order valence-corrected chi connectivity index (χ3v) is 7.21. The predicted octanol–water partition coefficient (Wildman–Crippen LogP) is 3.06. The van der Waals surface area contributed by atoms with Crippen LogP contribution >= 0.6 is 0 Å². The highest BCUT2D eigenvalue weighted by Gasteiger charge is 2.53. The molecule has 1 unspecified atom stereocenters. The van der Waals surface area contributed by atoms with Gasteiger partial charge >= 0.3 is 6.03 Å². The predicted molar refractivity (Wildman–Crippen MR) is 145 cm³/mol. The van der Waals surface area contributed by atoms with E-state index in [9.17, 15) is 14.4 Å². The molecular weight excluding hydrogens is 528 g/mol. The number of amides is 4. The molecular formula is C28H22N8O5. The summed E-state index contributed by atoms with van der Waals surface area (Å²) in [5, 5.41) is 14.9. The molecule has 4 amide bonds. The van der Waals surface area contributed by atoms with E-state index in [2.05, 4.69) is 36.1 Å². The molecule has 13 nitrogen and oxygen atoms in total. The zero-order valence-corrected chi connectivity index (χ0v) is 21.6. The van der Waals surface area contributed by atoms with E-state index in [1.54, 1.807) is 48.9 Å². The number of anilines is 2. The summed E-state index contributed by atoms with van der Waals surface area (Å²) in [6, 6.07) is 13.3. The second kappa shape index (κ2) is 9.19. The summed E-state index contributed by atoms with van der Waals surface area (Å²) < 4.78 is 11.3. The van der Waals surface area contributed by atoms with Crippen LogP contribution < -0.4 is 20.7 Å². The van der Waals surface area contributed by atoms with Gasteiger partial charge < -0.3 is 24.7 Å². The average molecular weight is 551 g/mol. The number of methoxy groups -OCH3 is 1. The molecule has 1 atom stereocenters. The number of pyridine rings is 2. The lowest BCUT2D eigenvalue weighted by Crippen LogP contribution is -2.52. The third-order valence-electron chi connectivity index (χ3n) is 7.21. The Morgan fingerprint density at radius 2 is 1.93 bits per heavy atom. The molecule has 4 aromatic heterocycles. The van der Waals surface area contributed by atoms with Gasteiger partial charge in [-0.2, -0.15) is 5.10 Å². The first kappa shape index (κ1) is 24.3. The number of benzene rings is 1. The third kappa shape index (κ3) is 4.11. The first-order valence-corrected chi connectivity index (χ1v) is 12.6. The molecule has 0 saturated carbocycles. The lowest BCUT2D eigenvalue weighted by atomic mass is 9.95. The highest BCUT2D eigenvalue weighted by molar-refractivity contribution is 6.08. The maximum atomic E-state index is 13.3. The van der Waals surface area contributed by atoms with E-state index in [-0.39, 0.29) is 24.8 Å². The fraction of sp³-hybridized carbons (Fsp3) is 0.143. The van der Waals surface area contributed by atoms with Crippen molar-refractivity contribution in [3.05, 3.63) is 84.0 Å². The number of hydrogen-bond donors (Lipinski definition) is 4. The van der Waals surface area contributed by atoms with Gasteiger partial charge in [-0.3, -0.25) is 20.0 Å². The largest absolute Gasteiger partial charge is 0.497 e. The number of furan rings is 1. The number of aromatic nitrogens is 4. The standard InChI is InChI=1S/C28H22N8O5/c1-40-18-4-2-16-13-36(25(37)19(16)8-18)14-28(26(38)34-27(39)35-28)22-9-20-21(41-22)5-7-24(32-20)33-23-6-3-15(10-29-23)17-11-30-31-12-17/h2-12H,13-14H2,1H3,(H,30,31)(H,29,32,33)(H2,34,35,38,39). The van der Waals surface area contributed by atoms with Gasteiger partial charge in [0.2, 0.25) is 0 Å². The molecule has 4 N–H and O–H groups in total. The maximum absolute atomic E-state index is 13.3. The summed E-state index contributed by atoms with van der Waals surface area (Å²) in [7, 11) is 1.53. The molecule has 0 spiro atoms. The van der Waals surface area contributed by atoms with Crippen LogP contribution in [0.4, 0.5) is 16.4 Å². The van der Waals surface area contributed by atoms with E-state index in [4.69, 9.17) is 9.15 Å². The normalized spacial score (nSPS) is 18.0. The van der Waals surface area contributed by atoms with Crippen molar-refractivity contribution >= 4 is 40.6 Å². The van der Waals surface area contributed by atoms with Crippen molar-refractivity contribution in [1.29, 1.82) is 0 Å². The Morgan fingerprint density at radius 1 is 1.05 bits per heavy atom.